The Morgan fingerprint density at radius 3 is 2.36 bits per heavy atom. The maximum absolute atomic E-state index is 11.3. The second kappa shape index (κ2) is 2.95. The minimum absolute atomic E-state index is 0.0724. The summed E-state index contributed by atoms with van der Waals surface area (Å²) < 4.78 is 0. The molecule has 2 rings (SSSR count). The molecule has 2 saturated carbocycles. The van der Waals surface area contributed by atoms with Crippen molar-refractivity contribution in [2.24, 2.45) is 17.6 Å². The van der Waals surface area contributed by atoms with E-state index in [9.17, 15) is 9.59 Å². The average molecular weight is 197 g/mol. The van der Waals surface area contributed by atoms with E-state index in [1.54, 1.807) is 0 Å². The second-order valence-corrected chi connectivity index (χ2v) is 4.42. The van der Waals surface area contributed by atoms with Gasteiger partial charge in [-0.15, -0.1) is 0 Å². The molecule has 2 unspecified atom stereocenters. The summed E-state index contributed by atoms with van der Waals surface area (Å²) in [7, 11) is 0. The molecule has 0 radical (unpaired) electrons. The van der Waals surface area contributed by atoms with Gasteiger partial charge in [0.2, 0.25) is 5.91 Å². The lowest BCUT2D eigenvalue weighted by Gasteiger charge is -2.10. The van der Waals surface area contributed by atoms with E-state index in [1.807, 2.05) is 6.92 Å². The van der Waals surface area contributed by atoms with Crippen LogP contribution in [0.1, 0.15) is 26.2 Å². The van der Waals surface area contributed by atoms with E-state index in [2.05, 4.69) is 10.9 Å². The molecule has 0 spiro atoms. The standard InChI is InChI=1S/C9H15N3O2/c1-5-4-6(5)7(13)11-12-8(14)9(10)2-3-9/h5-6H,2-4,10H2,1H3,(H,11,13)(H,12,14). The summed E-state index contributed by atoms with van der Waals surface area (Å²) in [5.41, 5.74) is 9.68. The second-order valence-electron chi connectivity index (χ2n) is 4.42. The van der Waals surface area contributed by atoms with Crippen molar-refractivity contribution in [1.82, 2.24) is 10.9 Å². The molecule has 0 saturated heterocycles. The number of hydrazine groups is 1. The molecular formula is C9H15N3O2. The third-order valence-electron chi connectivity index (χ3n) is 2.99. The summed E-state index contributed by atoms with van der Waals surface area (Å²) in [6.07, 6.45) is 2.32. The summed E-state index contributed by atoms with van der Waals surface area (Å²) >= 11 is 0. The molecule has 4 N–H and O–H groups in total. The number of hydrogen-bond acceptors (Lipinski definition) is 3. The van der Waals surface area contributed by atoms with E-state index in [1.165, 1.54) is 0 Å². The third-order valence-corrected chi connectivity index (χ3v) is 2.99. The van der Waals surface area contributed by atoms with E-state index in [4.69, 9.17) is 5.73 Å². The topological polar surface area (TPSA) is 84.2 Å². The highest BCUT2D eigenvalue weighted by atomic mass is 16.2. The van der Waals surface area contributed by atoms with Gasteiger partial charge in [0, 0.05) is 5.92 Å². The molecule has 78 valence electrons. The van der Waals surface area contributed by atoms with Gasteiger partial charge in [0.25, 0.3) is 5.91 Å². The maximum atomic E-state index is 11.3. The number of rotatable bonds is 2. The van der Waals surface area contributed by atoms with Gasteiger partial charge in [-0.05, 0) is 25.2 Å². The Bertz CT molecular complexity index is 286. The van der Waals surface area contributed by atoms with Crippen LogP contribution in [0, 0.1) is 11.8 Å². The van der Waals surface area contributed by atoms with Crippen molar-refractivity contribution in [2.75, 3.05) is 0 Å². The fourth-order valence-electron chi connectivity index (χ4n) is 1.38. The van der Waals surface area contributed by atoms with Crippen LogP contribution in [0.4, 0.5) is 0 Å². The van der Waals surface area contributed by atoms with Crippen LogP contribution < -0.4 is 16.6 Å². The summed E-state index contributed by atoms with van der Waals surface area (Å²) in [6, 6.07) is 0. The van der Waals surface area contributed by atoms with Gasteiger partial charge >= 0.3 is 0 Å². The predicted octanol–water partition coefficient (Wildman–Crippen LogP) is -0.719. The summed E-state index contributed by atoms with van der Waals surface area (Å²) in [4.78, 5) is 22.6. The van der Waals surface area contributed by atoms with Gasteiger partial charge in [0.1, 0.15) is 0 Å². The molecule has 5 heteroatoms. The number of amides is 2. The lowest BCUT2D eigenvalue weighted by atomic mass is 10.3. The Kier molecular flexibility index (Phi) is 1.99. The third kappa shape index (κ3) is 1.72. The Labute approximate surface area is 82.4 Å². The van der Waals surface area contributed by atoms with Crippen molar-refractivity contribution in [3.8, 4) is 0 Å². The largest absolute Gasteiger partial charge is 0.317 e. The zero-order chi connectivity index (χ0) is 10.3. The van der Waals surface area contributed by atoms with Crippen molar-refractivity contribution >= 4 is 11.8 Å². The van der Waals surface area contributed by atoms with Crippen LogP contribution in [0.25, 0.3) is 0 Å². The van der Waals surface area contributed by atoms with Crippen LogP contribution in [-0.2, 0) is 9.59 Å². The molecule has 14 heavy (non-hydrogen) atoms. The van der Waals surface area contributed by atoms with Crippen LogP contribution in [-0.4, -0.2) is 17.4 Å². The first-order valence-electron chi connectivity index (χ1n) is 4.92. The van der Waals surface area contributed by atoms with Crippen molar-refractivity contribution in [2.45, 2.75) is 31.7 Å². The van der Waals surface area contributed by atoms with Crippen LogP contribution in [0.5, 0.6) is 0 Å². The van der Waals surface area contributed by atoms with Gasteiger partial charge < -0.3 is 5.73 Å². The first-order valence-corrected chi connectivity index (χ1v) is 4.92. The van der Waals surface area contributed by atoms with Crippen LogP contribution >= 0.6 is 0 Å². The van der Waals surface area contributed by atoms with Crippen molar-refractivity contribution in [1.29, 1.82) is 0 Å². The highest BCUT2D eigenvalue weighted by molar-refractivity contribution is 5.91. The number of carbonyl (C=O) groups is 2. The number of nitrogens with two attached hydrogens (primary N) is 1. The lowest BCUT2D eigenvalue weighted by Crippen LogP contribution is -2.51. The Balaban J connectivity index is 1.72. The molecule has 2 aliphatic carbocycles. The minimum Gasteiger partial charge on any atom is -0.317 e. The first-order chi connectivity index (χ1) is 6.53. The maximum Gasteiger partial charge on any atom is 0.258 e. The van der Waals surface area contributed by atoms with Crippen LogP contribution in [0.15, 0.2) is 0 Å². The quantitative estimate of drug-likeness (QED) is 0.511. The van der Waals surface area contributed by atoms with Crippen LogP contribution in [0.3, 0.4) is 0 Å². The zero-order valence-corrected chi connectivity index (χ0v) is 8.17. The van der Waals surface area contributed by atoms with E-state index in [0.717, 1.165) is 6.42 Å². The van der Waals surface area contributed by atoms with Gasteiger partial charge in [-0.3, -0.25) is 20.4 Å². The summed E-state index contributed by atoms with van der Waals surface area (Å²) in [5.74, 6) is 0.136. The molecule has 0 aromatic carbocycles. The summed E-state index contributed by atoms with van der Waals surface area (Å²) in [6.45, 7) is 2.01. The van der Waals surface area contributed by atoms with Gasteiger partial charge in [-0.25, -0.2) is 0 Å². The van der Waals surface area contributed by atoms with Gasteiger partial charge in [0.15, 0.2) is 0 Å². The molecule has 0 bridgehead atoms. The van der Waals surface area contributed by atoms with Crippen molar-refractivity contribution in [3.05, 3.63) is 0 Å². The average Bonchev–Trinajstić information content (AvgIpc) is 3.01. The van der Waals surface area contributed by atoms with E-state index >= 15 is 0 Å². The number of carbonyl (C=O) groups excluding carboxylic acids is 2. The monoisotopic (exact) mass is 197 g/mol. The molecule has 0 aliphatic heterocycles. The highest BCUT2D eigenvalue weighted by Crippen LogP contribution is 2.37. The van der Waals surface area contributed by atoms with Gasteiger partial charge in [-0.1, -0.05) is 6.92 Å². The smallest absolute Gasteiger partial charge is 0.258 e. The predicted molar refractivity (Wildman–Crippen MR) is 49.7 cm³/mol. The number of nitrogens with one attached hydrogen (secondary N) is 2. The van der Waals surface area contributed by atoms with Crippen molar-refractivity contribution < 1.29 is 9.59 Å². The van der Waals surface area contributed by atoms with Crippen LogP contribution in [0.2, 0.25) is 0 Å². The fraction of sp³-hybridized carbons (Fsp3) is 0.778. The molecule has 2 amide bonds. The van der Waals surface area contributed by atoms with E-state index in [-0.39, 0.29) is 17.7 Å². The molecule has 0 heterocycles. The Morgan fingerprint density at radius 2 is 1.93 bits per heavy atom. The highest BCUT2D eigenvalue weighted by Gasteiger charge is 2.46. The molecule has 2 aliphatic rings. The summed E-state index contributed by atoms with van der Waals surface area (Å²) in [5, 5.41) is 0. The molecule has 5 nitrogen and oxygen atoms in total. The molecule has 2 fully saturated rings. The minimum atomic E-state index is -0.720. The normalized spacial score (nSPS) is 31.9. The van der Waals surface area contributed by atoms with E-state index in [0.29, 0.717) is 18.8 Å². The Morgan fingerprint density at radius 1 is 1.36 bits per heavy atom. The number of hydrogen-bond donors (Lipinski definition) is 3. The molecular weight excluding hydrogens is 182 g/mol. The van der Waals surface area contributed by atoms with Gasteiger partial charge in [-0.2, -0.15) is 0 Å². The fourth-order valence-corrected chi connectivity index (χ4v) is 1.38. The lowest BCUT2D eigenvalue weighted by molar-refractivity contribution is -0.130. The molecule has 2 atom stereocenters. The first kappa shape index (κ1) is 9.45. The Hall–Kier alpha value is -1.10. The SMILES string of the molecule is CC1CC1C(=O)NNC(=O)C1(N)CC1. The van der Waals surface area contributed by atoms with Gasteiger partial charge in [0.05, 0.1) is 5.54 Å². The van der Waals surface area contributed by atoms with E-state index < -0.39 is 5.54 Å². The molecule has 0 aromatic heterocycles. The van der Waals surface area contributed by atoms with Crippen molar-refractivity contribution in [3.63, 3.8) is 0 Å². The zero-order valence-electron chi connectivity index (χ0n) is 8.17. The molecule has 0 aromatic rings.